The molecule has 0 bridgehead atoms. The second kappa shape index (κ2) is 8.41. The van der Waals surface area contributed by atoms with Crippen LogP contribution in [0, 0.1) is 0 Å². The summed E-state index contributed by atoms with van der Waals surface area (Å²) in [6.45, 7) is -0.0648. The predicted octanol–water partition coefficient (Wildman–Crippen LogP) is 1.26. The van der Waals surface area contributed by atoms with Crippen LogP contribution in [0.4, 0.5) is 11.4 Å². The lowest BCUT2D eigenvalue weighted by molar-refractivity contribution is -0.119. The Balaban J connectivity index is 1.64. The van der Waals surface area contributed by atoms with Gasteiger partial charge in [0, 0.05) is 18.7 Å². The molecular formula is C19H19N3O6S. The number of nitrogens with one attached hydrogen (secondary N) is 1. The molecule has 1 heterocycles. The molecule has 0 aliphatic carbocycles. The largest absolute Gasteiger partial charge is 0.452 e. The van der Waals surface area contributed by atoms with E-state index in [1.54, 1.807) is 18.2 Å². The fraction of sp³-hybridized carbons (Fsp3) is 0.211. The number of amides is 2. The highest BCUT2D eigenvalue weighted by molar-refractivity contribution is 7.89. The topological polar surface area (TPSA) is 136 Å². The molecule has 0 unspecified atom stereocenters. The number of sulfonamides is 1. The first-order valence-corrected chi connectivity index (χ1v) is 10.3. The molecule has 3 rings (SSSR count). The number of carbonyl (C=O) groups is 3. The van der Waals surface area contributed by atoms with Gasteiger partial charge in [0.2, 0.25) is 15.9 Å². The van der Waals surface area contributed by atoms with Gasteiger partial charge in [0.05, 0.1) is 16.1 Å². The minimum Gasteiger partial charge on any atom is -0.452 e. The SMILES string of the molecule is NS(=O)(=O)c1cccc(NC(=O)COC(=O)c2ccccc2N2CCCC2=O)c1. The van der Waals surface area contributed by atoms with E-state index in [-0.39, 0.29) is 22.1 Å². The van der Waals surface area contributed by atoms with E-state index in [1.807, 2.05) is 0 Å². The predicted molar refractivity (Wildman–Crippen MR) is 105 cm³/mol. The van der Waals surface area contributed by atoms with E-state index in [1.165, 1.54) is 35.2 Å². The number of anilines is 2. The van der Waals surface area contributed by atoms with Crippen LogP contribution in [0.3, 0.4) is 0 Å². The number of hydrogen-bond acceptors (Lipinski definition) is 6. The molecule has 3 N–H and O–H groups in total. The molecule has 9 nitrogen and oxygen atoms in total. The van der Waals surface area contributed by atoms with Crippen molar-refractivity contribution in [2.75, 3.05) is 23.4 Å². The van der Waals surface area contributed by atoms with Crippen LogP contribution < -0.4 is 15.4 Å². The second-order valence-corrected chi connectivity index (χ2v) is 7.92. The summed E-state index contributed by atoms with van der Waals surface area (Å²) in [5.41, 5.74) is 0.827. The van der Waals surface area contributed by atoms with E-state index in [9.17, 15) is 22.8 Å². The van der Waals surface area contributed by atoms with Crippen LogP contribution in [0.5, 0.6) is 0 Å². The summed E-state index contributed by atoms with van der Waals surface area (Å²) in [5, 5.41) is 7.49. The van der Waals surface area contributed by atoms with Crippen LogP contribution in [0.1, 0.15) is 23.2 Å². The van der Waals surface area contributed by atoms with Crippen molar-refractivity contribution in [2.24, 2.45) is 5.14 Å². The molecule has 152 valence electrons. The van der Waals surface area contributed by atoms with Gasteiger partial charge in [-0.05, 0) is 36.8 Å². The van der Waals surface area contributed by atoms with Gasteiger partial charge in [0.25, 0.3) is 5.91 Å². The lowest BCUT2D eigenvalue weighted by atomic mass is 10.1. The zero-order valence-corrected chi connectivity index (χ0v) is 16.1. The minimum atomic E-state index is -3.91. The van der Waals surface area contributed by atoms with Gasteiger partial charge < -0.3 is 15.0 Å². The van der Waals surface area contributed by atoms with Gasteiger partial charge in [0.1, 0.15) is 0 Å². The van der Waals surface area contributed by atoms with Crippen molar-refractivity contribution >= 4 is 39.2 Å². The summed E-state index contributed by atoms with van der Waals surface area (Å²) in [5.74, 6) is -1.47. The van der Waals surface area contributed by atoms with Crippen molar-refractivity contribution in [3.8, 4) is 0 Å². The van der Waals surface area contributed by atoms with Crippen LogP contribution in [-0.4, -0.2) is 39.4 Å². The fourth-order valence-electron chi connectivity index (χ4n) is 2.94. The molecule has 1 aliphatic rings. The van der Waals surface area contributed by atoms with Gasteiger partial charge in [0.15, 0.2) is 6.61 Å². The third kappa shape index (κ3) is 4.98. The van der Waals surface area contributed by atoms with E-state index in [0.29, 0.717) is 25.1 Å². The lowest BCUT2D eigenvalue weighted by Crippen LogP contribution is -2.27. The molecule has 0 saturated carbocycles. The first kappa shape index (κ1) is 20.5. The highest BCUT2D eigenvalue weighted by Gasteiger charge is 2.26. The summed E-state index contributed by atoms with van der Waals surface area (Å²) in [7, 11) is -3.91. The average Bonchev–Trinajstić information content (AvgIpc) is 3.11. The highest BCUT2D eigenvalue weighted by atomic mass is 32.2. The monoisotopic (exact) mass is 417 g/mol. The summed E-state index contributed by atoms with van der Waals surface area (Å²) >= 11 is 0. The Morgan fingerprint density at radius 2 is 1.90 bits per heavy atom. The summed E-state index contributed by atoms with van der Waals surface area (Å²) in [4.78, 5) is 37.8. The number of nitrogens with zero attached hydrogens (tertiary/aromatic N) is 1. The molecular weight excluding hydrogens is 398 g/mol. The number of primary sulfonamides is 1. The molecule has 10 heteroatoms. The maximum atomic E-state index is 12.4. The normalized spacial score (nSPS) is 14.0. The molecule has 1 saturated heterocycles. The van der Waals surface area contributed by atoms with Crippen LogP contribution >= 0.6 is 0 Å². The van der Waals surface area contributed by atoms with Crippen molar-refractivity contribution in [2.45, 2.75) is 17.7 Å². The summed E-state index contributed by atoms with van der Waals surface area (Å²) in [6.07, 6.45) is 1.13. The fourth-order valence-corrected chi connectivity index (χ4v) is 3.50. The Morgan fingerprint density at radius 3 is 2.59 bits per heavy atom. The maximum Gasteiger partial charge on any atom is 0.340 e. The molecule has 1 fully saturated rings. The Labute approximate surface area is 167 Å². The molecule has 0 radical (unpaired) electrons. The van der Waals surface area contributed by atoms with Crippen molar-refractivity contribution in [1.29, 1.82) is 0 Å². The maximum absolute atomic E-state index is 12.4. The van der Waals surface area contributed by atoms with Crippen molar-refractivity contribution in [1.82, 2.24) is 0 Å². The third-order valence-electron chi connectivity index (χ3n) is 4.27. The van der Waals surface area contributed by atoms with Gasteiger partial charge in [-0.3, -0.25) is 9.59 Å². The Morgan fingerprint density at radius 1 is 1.14 bits per heavy atom. The standard InChI is InChI=1S/C19H19N3O6S/c20-29(26,27)14-6-3-5-13(11-14)21-17(23)12-28-19(25)15-7-1-2-8-16(15)22-10-4-9-18(22)24/h1-3,5-8,11H,4,9-10,12H2,(H,21,23)(H2,20,26,27). The molecule has 2 aromatic carbocycles. The van der Waals surface area contributed by atoms with E-state index < -0.39 is 28.5 Å². The van der Waals surface area contributed by atoms with Gasteiger partial charge in [-0.1, -0.05) is 18.2 Å². The number of hydrogen-bond donors (Lipinski definition) is 2. The van der Waals surface area contributed by atoms with Crippen molar-refractivity contribution in [3.63, 3.8) is 0 Å². The van der Waals surface area contributed by atoms with E-state index in [4.69, 9.17) is 9.88 Å². The van der Waals surface area contributed by atoms with Crippen LogP contribution in [0.25, 0.3) is 0 Å². The third-order valence-corrected chi connectivity index (χ3v) is 5.18. The number of benzene rings is 2. The minimum absolute atomic E-state index is 0.0715. The first-order chi connectivity index (χ1) is 13.8. The van der Waals surface area contributed by atoms with E-state index in [0.717, 1.165) is 0 Å². The van der Waals surface area contributed by atoms with Gasteiger partial charge in [-0.2, -0.15) is 0 Å². The summed E-state index contributed by atoms with van der Waals surface area (Å²) in [6, 6.07) is 11.9. The van der Waals surface area contributed by atoms with E-state index >= 15 is 0 Å². The molecule has 2 aromatic rings. The zero-order valence-electron chi connectivity index (χ0n) is 15.3. The Hall–Kier alpha value is -3.24. The molecule has 0 aromatic heterocycles. The molecule has 0 spiro atoms. The molecule has 0 atom stereocenters. The van der Waals surface area contributed by atoms with Crippen LogP contribution in [0.15, 0.2) is 53.4 Å². The Bertz CT molecular complexity index is 1070. The van der Waals surface area contributed by atoms with Crippen LogP contribution in [-0.2, 0) is 24.3 Å². The number of esters is 1. The summed E-state index contributed by atoms with van der Waals surface area (Å²) < 4.78 is 27.8. The van der Waals surface area contributed by atoms with Crippen molar-refractivity contribution < 1.29 is 27.5 Å². The quantitative estimate of drug-likeness (QED) is 0.679. The number of nitrogens with two attached hydrogens (primary N) is 1. The van der Waals surface area contributed by atoms with Crippen molar-refractivity contribution in [3.05, 3.63) is 54.1 Å². The van der Waals surface area contributed by atoms with Gasteiger partial charge >= 0.3 is 5.97 Å². The number of carbonyl (C=O) groups excluding carboxylic acids is 3. The zero-order chi connectivity index (χ0) is 21.0. The Kier molecular flexibility index (Phi) is 5.95. The lowest BCUT2D eigenvalue weighted by Gasteiger charge is -2.18. The van der Waals surface area contributed by atoms with Crippen LogP contribution in [0.2, 0.25) is 0 Å². The van der Waals surface area contributed by atoms with Gasteiger partial charge in [-0.15, -0.1) is 0 Å². The first-order valence-electron chi connectivity index (χ1n) is 8.75. The highest BCUT2D eigenvalue weighted by Crippen LogP contribution is 2.26. The molecule has 29 heavy (non-hydrogen) atoms. The number of rotatable bonds is 6. The average molecular weight is 417 g/mol. The second-order valence-electron chi connectivity index (χ2n) is 6.36. The van der Waals surface area contributed by atoms with E-state index in [2.05, 4.69) is 5.32 Å². The molecule has 1 aliphatic heterocycles. The van der Waals surface area contributed by atoms with Gasteiger partial charge in [-0.25, -0.2) is 18.4 Å². The number of para-hydroxylation sites is 1. The smallest absolute Gasteiger partial charge is 0.340 e. The molecule has 2 amide bonds. The number of ether oxygens (including phenoxy) is 1.